The van der Waals surface area contributed by atoms with Crippen LogP contribution < -0.4 is 9.47 Å². The standard InChI is InChI=1S/C24H25NO4/c1-4-27-22-13-11-18(14-23(22)28-5-2)24-25-20(16-29-24)12-10-19(15-26)21-9-7-6-8-17(21)3/h6-11,13-16H,4-5,12H2,1-3H3/b19-10-. The number of hydrogen-bond donors (Lipinski definition) is 0. The third-order valence-electron chi connectivity index (χ3n) is 4.46. The molecule has 3 rings (SSSR count). The van der Waals surface area contributed by atoms with Crippen LogP contribution in [0.15, 0.2) is 59.2 Å². The van der Waals surface area contributed by atoms with Gasteiger partial charge in [-0.25, -0.2) is 4.98 Å². The molecule has 150 valence electrons. The van der Waals surface area contributed by atoms with Gasteiger partial charge in [-0.15, -0.1) is 0 Å². The number of nitrogens with zero attached hydrogens (tertiary/aromatic N) is 1. The molecular weight excluding hydrogens is 366 g/mol. The number of hydrogen-bond acceptors (Lipinski definition) is 5. The molecular formula is C24H25NO4. The topological polar surface area (TPSA) is 61.6 Å². The largest absolute Gasteiger partial charge is 0.490 e. The van der Waals surface area contributed by atoms with Gasteiger partial charge in [0.2, 0.25) is 5.89 Å². The van der Waals surface area contributed by atoms with E-state index in [2.05, 4.69) is 4.98 Å². The van der Waals surface area contributed by atoms with Crippen molar-refractivity contribution in [1.29, 1.82) is 0 Å². The number of carbonyl (C=O) groups excluding carboxylic acids is 1. The lowest BCUT2D eigenvalue weighted by molar-refractivity contribution is -0.103. The van der Waals surface area contributed by atoms with Crippen LogP contribution in [0, 0.1) is 6.92 Å². The van der Waals surface area contributed by atoms with Crippen molar-refractivity contribution in [2.45, 2.75) is 27.2 Å². The van der Waals surface area contributed by atoms with Crippen LogP contribution in [-0.2, 0) is 11.2 Å². The average Bonchev–Trinajstić information content (AvgIpc) is 3.20. The minimum atomic E-state index is 0.501. The van der Waals surface area contributed by atoms with E-state index in [1.54, 1.807) is 6.26 Å². The summed E-state index contributed by atoms with van der Waals surface area (Å²) in [6, 6.07) is 13.4. The van der Waals surface area contributed by atoms with E-state index < -0.39 is 0 Å². The molecule has 1 aromatic heterocycles. The first kappa shape index (κ1) is 20.4. The van der Waals surface area contributed by atoms with Crippen LogP contribution in [0.1, 0.15) is 30.7 Å². The second-order valence-corrected chi connectivity index (χ2v) is 6.47. The molecule has 0 aliphatic heterocycles. The van der Waals surface area contributed by atoms with Crippen molar-refractivity contribution in [3.63, 3.8) is 0 Å². The zero-order chi connectivity index (χ0) is 20.6. The number of aromatic nitrogens is 1. The van der Waals surface area contributed by atoms with Gasteiger partial charge >= 0.3 is 0 Å². The minimum Gasteiger partial charge on any atom is -0.490 e. The lowest BCUT2D eigenvalue weighted by Crippen LogP contribution is -1.98. The Morgan fingerprint density at radius 1 is 1.07 bits per heavy atom. The van der Waals surface area contributed by atoms with Gasteiger partial charge < -0.3 is 13.9 Å². The summed E-state index contributed by atoms with van der Waals surface area (Å²) in [4.78, 5) is 16.1. The summed E-state index contributed by atoms with van der Waals surface area (Å²) in [5.41, 5.74) is 4.19. The SMILES string of the molecule is CCOc1ccc(-c2nc(C/C=C(/C=O)c3ccccc3C)co2)cc1OCC. The van der Waals surface area contributed by atoms with Gasteiger partial charge in [0.05, 0.1) is 18.9 Å². The maximum absolute atomic E-state index is 11.6. The molecule has 0 unspecified atom stereocenters. The Labute approximate surface area is 171 Å². The second-order valence-electron chi connectivity index (χ2n) is 6.47. The van der Waals surface area contributed by atoms with Crippen LogP contribution in [0.5, 0.6) is 11.5 Å². The number of rotatable bonds is 9. The van der Waals surface area contributed by atoms with E-state index in [1.807, 2.05) is 69.3 Å². The summed E-state index contributed by atoms with van der Waals surface area (Å²) < 4.78 is 16.9. The van der Waals surface area contributed by atoms with Gasteiger partial charge in [0, 0.05) is 17.6 Å². The van der Waals surface area contributed by atoms with Crippen molar-refractivity contribution in [3.05, 3.63) is 71.6 Å². The van der Waals surface area contributed by atoms with Crippen molar-refractivity contribution >= 4 is 11.9 Å². The van der Waals surface area contributed by atoms with Crippen molar-refractivity contribution in [2.75, 3.05) is 13.2 Å². The quantitative estimate of drug-likeness (QED) is 0.367. The predicted molar refractivity (Wildman–Crippen MR) is 113 cm³/mol. The fourth-order valence-corrected chi connectivity index (χ4v) is 3.05. The van der Waals surface area contributed by atoms with Crippen LogP contribution in [0.3, 0.4) is 0 Å². The molecule has 5 heteroatoms. The molecule has 2 aromatic carbocycles. The Morgan fingerprint density at radius 3 is 2.55 bits per heavy atom. The molecule has 0 aliphatic rings. The van der Waals surface area contributed by atoms with Crippen LogP contribution in [0.4, 0.5) is 0 Å². The molecule has 29 heavy (non-hydrogen) atoms. The van der Waals surface area contributed by atoms with Crippen LogP contribution >= 0.6 is 0 Å². The third-order valence-corrected chi connectivity index (χ3v) is 4.46. The monoisotopic (exact) mass is 391 g/mol. The minimum absolute atomic E-state index is 0.501. The van der Waals surface area contributed by atoms with Gasteiger partial charge in [0.1, 0.15) is 12.5 Å². The lowest BCUT2D eigenvalue weighted by Gasteiger charge is -2.11. The smallest absolute Gasteiger partial charge is 0.226 e. The summed E-state index contributed by atoms with van der Waals surface area (Å²) in [6.07, 6.45) is 4.87. The molecule has 0 aliphatic carbocycles. The van der Waals surface area contributed by atoms with E-state index in [4.69, 9.17) is 13.9 Å². The van der Waals surface area contributed by atoms with Gasteiger partial charge in [-0.1, -0.05) is 30.3 Å². The fraction of sp³-hybridized carbons (Fsp3) is 0.250. The van der Waals surface area contributed by atoms with E-state index in [0.717, 1.165) is 28.7 Å². The summed E-state index contributed by atoms with van der Waals surface area (Å²) in [5, 5.41) is 0. The number of allylic oxidation sites excluding steroid dienone is 2. The predicted octanol–water partition coefficient (Wildman–Crippen LogP) is 5.27. The molecule has 0 amide bonds. The van der Waals surface area contributed by atoms with Gasteiger partial charge in [0.25, 0.3) is 0 Å². The normalized spacial score (nSPS) is 11.3. The molecule has 0 N–H and O–H groups in total. The Balaban J connectivity index is 1.81. The van der Waals surface area contributed by atoms with E-state index in [1.165, 1.54) is 0 Å². The van der Waals surface area contributed by atoms with Crippen LogP contribution in [-0.4, -0.2) is 24.5 Å². The molecule has 5 nitrogen and oxygen atoms in total. The maximum atomic E-state index is 11.6. The first-order chi connectivity index (χ1) is 14.2. The van der Waals surface area contributed by atoms with Crippen LogP contribution in [0.25, 0.3) is 17.0 Å². The van der Waals surface area contributed by atoms with Crippen molar-refractivity contribution < 1.29 is 18.7 Å². The van der Waals surface area contributed by atoms with Crippen molar-refractivity contribution in [3.8, 4) is 23.0 Å². The summed E-state index contributed by atoms with van der Waals surface area (Å²) in [6.45, 7) is 6.95. The Bertz CT molecular complexity index is 1000. The summed E-state index contributed by atoms with van der Waals surface area (Å²) in [5.74, 6) is 1.86. The van der Waals surface area contributed by atoms with Gasteiger partial charge in [0.15, 0.2) is 11.5 Å². The third kappa shape index (κ3) is 4.93. The van der Waals surface area contributed by atoms with E-state index >= 15 is 0 Å². The summed E-state index contributed by atoms with van der Waals surface area (Å²) >= 11 is 0. The van der Waals surface area contributed by atoms with Gasteiger partial charge in [-0.05, 0) is 50.1 Å². The highest BCUT2D eigenvalue weighted by Crippen LogP contribution is 2.32. The second kappa shape index (κ2) is 9.73. The summed E-state index contributed by atoms with van der Waals surface area (Å²) in [7, 11) is 0. The van der Waals surface area contributed by atoms with E-state index in [9.17, 15) is 4.79 Å². The molecule has 0 saturated carbocycles. The first-order valence-electron chi connectivity index (χ1n) is 9.72. The molecule has 0 saturated heterocycles. The van der Waals surface area contributed by atoms with Crippen LogP contribution in [0.2, 0.25) is 0 Å². The fourth-order valence-electron chi connectivity index (χ4n) is 3.05. The number of aldehydes is 1. The number of carbonyl (C=O) groups is 1. The molecule has 0 fully saturated rings. The highest BCUT2D eigenvalue weighted by molar-refractivity contribution is 6.07. The number of benzene rings is 2. The highest BCUT2D eigenvalue weighted by Gasteiger charge is 2.12. The van der Waals surface area contributed by atoms with Gasteiger partial charge in [-0.2, -0.15) is 0 Å². The number of aryl methyl sites for hydroxylation is 1. The Kier molecular flexibility index (Phi) is 6.85. The highest BCUT2D eigenvalue weighted by atomic mass is 16.5. The molecule has 0 radical (unpaired) electrons. The molecule has 3 aromatic rings. The van der Waals surface area contributed by atoms with Crippen molar-refractivity contribution in [2.24, 2.45) is 0 Å². The lowest BCUT2D eigenvalue weighted by atomic mass is 10.0. The number of ether oxygens (including phenoxy) is 2. The Morgan fingerprint density at radius 2 is 1.83 bits per heavy atom. The van der Waals surface area contributed by atoms with E-state index in [0.29, 0.717) is 42.6 Å². The average molecular weight is 391 g/mol. The molecule has 1 heterocycles. The van der Waals surface area contributed by atoms with Crippen molar-refractivity contribution in [1.82, 2.24) is 4.98 Å². The van der Waals surface area contributed by atoms with Gasteiger partial charge in [-0.3, -0.25) is 4.79 Å². The zero-order valence-corrected chi connectivity index (χ0v) is 17.0. The van der Waals surface area contributed by atoms with E-state index in [-0.39, 0.29) is 0 Å². The number of oxazole rings is 1. The Hall–Kier alpha value is -3.34. The zero-order valence-electron chi connectivity index (χ0n) is 17.0. The molecule has 0 atom stereocenters. The maximum Gasteiger partial charge on any atom is 0.226 e. The molecule has 0 bridgehead atoms. The first-order valence-corrected chi connectivity index (χ1v) is 9.72. The molecule has 0 spiro atoms.